The van der Waals surface area contributed by atoms with E-state index in [4.69, 9.17) is 20.7 Å². The summed E-state index contributed by atoms with van der Waals surface area (Å²) in [4.78, 5) is 4.83. The minimum Gasteiger partial charge on any atom is -0.510 e. The van der Waals surface area contributed by atoms with Crippen molar-refractivity contribution in [2.24, 2.45) is 0 Å². The van der Waals surface area contributed by atoms with E-state index in [0.717, 1.165) is 67.2 Å². The predicted octanol–water partition coefficient (Wildman–Crippen LogP) is 14.6. The van der Waals surface area contributed by atoms with Gasteiger partial charge in [0.25, 0.3) is 6.33 Å². The number of hydrogen-bond donors (Lipinski definition) is 0. The second-order valence-corrected chi connectivity index (χ2v) is 16.5. The summed E-state index contributed by atoms with van der Waals surface area (Å²) in [6.45, 7) is 2.08. The molecule has 0 amide bonds. The van der Waals surface area contributed by atoms with Crippen molar-refractivity contribution in [1.82, 2.24) is 18.7 Å². The van der Waals surface area contributed by atoms with E-state index in [1.165, 1.54) is 4.57 Å². The van der Waals surface area contributed by atoms with Gasteiger partial charge in [0.05, 0.1) is 38.7 Å². The molecule has 13 aromatic rings. The van der Waals surface area contributed by atoms with Crippen LogP contribution in [0.25, 0.3) is 99.8 Å². The van der Waals surface area contributed by atoms with Crippen LogP contribution in [0.4, 0.5) is 0 Å². The fraction of sp³-hybridized carbons (Fsp3) is 0.0323. The number of imidazole rings is 1. The molecular weight excluding hydrogens is 1030 g/mol. The van der Waals surface area contributed by atoms with Gasteiger partial charge in [-0.3, -0.25) is 4.57 Å². The van der Waals surface area contributed by atoms with Crippen molar-refractivity contribution in [2.75, 3.05) is 0 Å². The molecule has 0 saturated heterocycles. The molecule has 13 rings (SSSR count). The molecule has 332 valence electrons. The van der Waals surface area contributed by atoms with Gasteiger partial charge in [-0.05, 0) is 87.7 Å². The van der Waals surface area contributed by atoms with Crippen molar-refractivity contribution in [3.8, 4) is 56.6 Å². The maximum atomic E-state index is 9.10. The number of pyridine rings is 1. The Morgan fingerprint density at radius 3 is 1.96 bits per heavy atom. The van der Waals surface area contributed by atoms with E-state index in [9.17, 15) is 0 Å². The molecule has 0 spiro atoms. The number of para-hydroxylation sites is 5. The Labute approximate surface area is 425 Å². The Kier molecular flexibility index (Phi) is 8.59. The van der Waals surface area contributed by atoms with Crippen molar-refractivity contribution in [3.63, 3.8) is 0 Å². The normalized spacial score (nSPS) is 13.1. The standard InChI is InChI=1S/C62H41N5O.Pt/c1-2-42-35-36-63-61(37-42)67-57-34-31-46(66-55-27-11-9-23-51(55)52-24-10-12-28-56(52)66)39-54(57)53-33-32-48(40-60(53)67)68-47-22-15-21-45(38-47)64-41-65(59-30-14-13-29-58(59)64)62-49(43-17-5-3-6-18-43)25-16-26-50(62)44-19-7-4-8-20-44;/h3-37,39H,2H2,1H3;/q-2;/i9D,10D,11D,12D,23D,24D,27D,28D;. The van der Waals surface area contributed by atoms with E-state index in [-0.39, 0.29) is 67.0 Å². The first-order valence-corrected chi connectivity index (χ1v) is 22.4. The van der Waals surface area contributed by atoms with Crippen LogP contribution in [0.1, 0.15) is 23.5 Å². The van der Waals surface area contributed by atoms with Gasteiger partial charge in [0.1, 0.15) is 5.82 Å². The molecule has 4 heterocycles. The Morgan fingerprint density at radius 2 is 1.23 bits per heavy atom. The molecule has 69 heavy (non-hydrogen) atoms. The van der Waals surface area contributed by atoms with E-state index in [0.29, 0.717) is 34.2 Å². The van der Waals surface area contributed by atoms with E-state index in [1.54, 1.807) is 12.3 Å². The van der Waals surface area contributed by atoms with Crippen LogP contribution < -0.4 is 9.30 Å². The van der Waals surface area contributed by atoms with E-state index in [2.05, 4.69) is 109 Å². The molecule has 0 fully saturated rings. The summed E-state index contributed by atoms with van der Waals surface area (Å²) in [7, 11) is 0. The molecule has 7 heteroatoms. The average molecular weight is 1080 g/mol. The molecular formula is C62H41N5OPt-2. The molecule has 0 bridgehead atoms. The number of fused-ring (bicyclic) bond motifs is 7. The van der Waals surface area contributed by atoms with E-state index in [1.807, 2.05) is 88.0 Å². The molecule has 0 unspecified atom stereocenters. The van der Waals surface area contributed by atoms with Crippen molar-refractivity contribution < 1.29 is 41.3 Å². The topological polar surface area (TPSA) is 40.8 Å². The summed E-state index contributed by atoms with van der Waals surface area (Å²) in [6, 6.07) is 58.1. The number of aromatic nitrogens is 5. The first-order valence-electron chi connectivity index (χ1n) is 26.4. The number of rotatable bonds is 9. The number of hydrogen-bond acceptors (Lipinski definition) is 2. The average Bonchev–Trinajstić information content (AvgIpc) is 4.20. The van der Waals surface area contributed by atoms with E-state index < -0.39 is 24.2 Å². The van der Waals surface area contributed by atoms with Crippen LogP contribution in [0.5, 0.6) is 11.5 Å². The molecule has 0 aliphatic carbocycles. The summed E-state index contributed by atoms with van der Waals surface area (Å²) in [5.41, 5.74) is 10.8. The summed E-state index contributed by atoms with van der Waals surface area (Å²) in [5.74, 6) is 1.49. The number of ether oxygens (including phenoxy) is 1. The smallest absolute Gasteiger partial charge is 0.268 e. The van der Waals surface area contributed by atoms with Gasteiger partial charge < -0.3 is 18.4 Å². The largest absolute Gasteiger partial charge is 0.510 e. The van der Waals surface area contributed by atoms with Gasteiger partial charge in [-0.1, -0.05) is 152 Å². The maximum absolute atomic E-state index is 9.10. The SMILES string of the molecule is [2H]c1c([2H])c([2H])c2c(c1[2H])c1c([2H])c([2H])c([2H])c([2H])c1n2-c1ccc2c(c1)c1ccc(Oc3[c-]c(-n4[c-][n+](-c5c(-c6ccccc6)cccc5-c5ccccc5)c5ccccc54)ccc3)[c-]c1n2-c1cc(CC)ccn1.[Pt]. The molecule has 0 aliphatic rings. The van der Waals surface area contributed by atoms with Crippen LogP contribution in [0, 0.1) is 18.5 Å². The molecule has 0 saturated carbocycles. The fourth-order valence-electron chi connectivity index (χ4n) is 9.47. The zero-order valence-electron chi connectivity index (χ0n) is 44.8. The van der Waals surface area contributed by atoms with Gasteiger partial charge in [-0.25, -0.2) is 4.98 Å². The summed E-state index contributed by atoms with van der Waals surface area (Å²) in [5, 5.41) is 1.52. The minimum absolute atomic E-state index is 0. The van der Waals surface area contributed by atoms with Crippen molar-refractivity contribution >= 4 is 54.6 Å². The summed E-state index contributed by atoms with van der Waals surface area (Å²) in [6.07, 6.45) is 6.26. The third-order valence-electron chi connectivity index (χ3n) is 12.6. The minimum atomic E-state index is -0.495. The number of benzene rings is 9. The quantitative estimate of drug-likeness (QED) is 0.107. The van der Waals surface area contributed by atoms with Crippen LogP contribution in [0.2, 0.25) is 0 Å². The van der Waals surface area contributed by atoms with Gasteiger partial charge in [-0.15, -0.1) is 29.7 Å². The molecule has 0 radical (unpaired) electrons. The first kappa shape index (κ1) is 34.0. The van der Waals surface area contributed by atoms with Crippen LogP contribution >= 0.6 is 0 Å². The second-order valence-electron chi connectivity index (χ2n) is 16.5. The Balaban J connectivity index is 0.00000596. The van der Waals surface area contributed by atoms with Crippen molar-refractivity contribution in [2.45, 2.75) is 13.3 Å². The van der Waals surface area contributed by atoms with Gasteiger partial charge in [0.15, 0.2) is 0 Å². The number of nitrogens with zero attached hydrogens (tertiary/aromatic N) is 5. The third-order valence-corrected chi connectivity index (χ3v) is 12.6. The summed E-state index contributed by atoms with van der Waals surface area (Å²) >= 11 is 0. The van der Waals surface area contributed by atoms with Gasteiger partial charge >= 0.3 is 0 Å². The Bertz CT molecular complexity index is 4400. The van der Waals surface area contributed by atoms with Gasteiger partial charge in [0.2, 0.25) is 0 Å². The van der Waals surface area contributed by atoms with Gasteiger partial charge in [0, 0.05) is 60.7 Å². The Hall–Kier alpha value is -8.31. The maximum Gasteiger partial charge on any atom is 0.268 e. The third kappa shape index (κ3) is 7.15. The summed E-state index contributed by atoms with van der Waals surface area (Å²) < 4.78 is 84.8. The monoisotopic (exact) mass is 1070 g/mol. The molecule has 4 aromatic heterocycles. The second kappa shape index (κ2) is 17.4. The van der Waals surface area contributed by atoms with E-state index >= 15 is 0 Å². The van der Waals surface area contributed by atoms with Gasteiger partial charge in [-0.2, -0.15) is 18.2 Å². The van der Waals surface area contributed by atoms with Crippen LogP contribution in [-0.4, -0.2) is 18.7 Å². The predicted molar refractivity (Wildman–Crippen MR) is 275 cm³/mol. The molecule has 0 aliphatic heterocycles. The molecule has 9 aromatic carbocycles. The van der Waals surface area contributed by atoms with Crippen LogP contribution in [-0.2, 0) is 27.5 Å². The van der Waals surface area contributed by atoms with Crippen molar-refractivity contribution in [3.05, 3.63) is 242 Å². The molecule has 6 nitrogen and oxygen atoms in total. The molecule has 0 atom stereocenters. The molecule has 0 N–H and O–H groups in total. The van der Waals surface area contributed by atoms with Crippen molar-refractivity contribution in [1.29, 1.82) is 0 Å². The zero-order valence-corrected chi connectivity index (χ0v) is 39.1. The zero-order chi connectivity index (χ0) is 52.1. The van der Waals surface area contributed by atoms with Crippen LogP contribution in [0.15, 0.2) is 218 Å². The first-order chi connectivity index (χ1) is 37.0. The fourth-order valence-corrected chi connectivity index (χ4v) is 9.47. The van der Waals surface area contributed by atoms with Crippen LogP contribution in [0.3, 0.4) is 0 Å². The Morgan fingerprint density at radius 1 is 0.565 bits per heavy atom. The number of aryl methyl sites for hydroxylation is 1.